The molecule has 1 amide bonds. The van der Waals surface area contributed by atoms with Gasteiger partial charge in [-0.2, -0.15) is 4.31 Å². The van der Waals surface area contributed by atoms with Gasteiger partial charge < -0.3 is 10.1 Å². The molecular formula is C22H27ClN2O4S2. The number of amides is 1. The number of carbonyl (C=O) groups excluding carboxylic acids is 1. The summed E-state index contributed by atoms with van der Waals surface area (Å²) in [6.07, 6.45) is 2.98. The minimum atomic E-state index is -3.67. The highest BCUT2D eigenvalue weighted by atomic mass is 35.5. The second kappa shape index (κ2) is 10.3. The van der Waals surface area contributed by atoms with Gasteiger partial charge in [0.2, 0.25) is 15.9 Å². The van der Waals surface area contributed by atoms with Crippen LogP contribution in [0, 0.1) is 5.92 Å². The third-order valence-corrected chi connectivity index (χ3v) is 8.49. The molecule has 1 aliphatic heterocycles. The first kappa shape index (κ1) is 23.9. The van der Waals surface area contributed by atoms with Crippen LogP contribution in [0.2, 0.25) is 5.02 Å². The number of ether oxygens (including phenoxy) is 1. The standard InChI is InChI=1S/C22H27ClN2O4S2/c1-15(16-4-6-18(30-3)7-5-16)24-22(26)17-10-12-25(13-11-17)31(27,28)19-8-9-21(29-2)20(23)14-19/h4-9,14-15,17H,10-13H2,1-3H3,(H,24,26). The molecular weight excluding hydrogens is 456 g/mol. The first-order valence-corrected chi connectivity index (χ1v) is 13.1. The van der Waals surface area contributed by atoms with Crippen molar-refractivity contribution in [2.75, 3.05) is 26.5 Å². The van der Waals surface area contributed by atoms with Crippen LogP contribution in [0.1, 0.15) is 31.4 Å². The molecule has 0 aromatic heterocycles. The maximum absolute atomic E-state index is 13.0. The predicted molar refractivity (Wildman–Crippen MR) is 124 cm³/mol. The number of carbonyl (C=O) groups is 1. The van der Waals surface area contributed by atoms with Gasteiger partial charge in [-0.05, 0) is 61.9 Å². The van der Waals surface area contributed by atoms with Crippen molar-refractivity contribution in [1.29, 1.82) is 0 Å². The second-order valence-electron chi connectivity index (χ2n) is 7.48. The number of nitrogens with one attached hydrogen (secondary N) is 1. The molecule has 2 aromatic rings. The Balaban J connectivity index is 1.59. The number of piperidine rings is 1. The van der Waals surface area contributed by atoms with Gasteiger partial charge >= 0.3 is 0 Å². The molecule has 1 aliphatic rings. The fourth-order valence-electron chi connectivity index (χ4n) is 3.62. The van der Waals surface area contributed by atoms with Crippen molar-refractivity contribution in [2.24, 2.45) is 5.92 Å². The average molecular weight is 483 g/mol. The summed E-state index contributed by atoms with van der Waals surface area (Å²) < 4.78 is 32.4. The van der Waals surface area contributed by atoms with Gasteiger partial charge in [0.05, 0.1) is 23.1 Å². The van der Waals surface area contributed by atoms with Crippen molar-refractivity contribution in [1.82, 2.24) is 9.62 Å². The first-order valence-electron chi connectivity index (χ1n) is 10.0. The number of nitrogens with zero attached hydrogens (tertiary/aromatic N) is 1. The van der Waals surface area contributed by atoms with Crippen LogP contribution in [0.15, 0.2) is 52.3 Å². The molecule has 0 bridgehead atoms. The van der Waals surface area contributed by atoms with E-state index < -0.39 is 10.0 Å². The van der Waals surface area contributed by atoms with E-state index in [1.54, 1.807) is 17.8 Å². The monoisotopic (exact) mass is 482 g/mol. The smallest absolute Gasteiger partial charge is 0.243 e. The summed E-state index contributed by atoms with van der Waals surface area (Å²) in [5.41, 5.74) is 1.04. The lowest BCUT2D eigenvalue weighted by Crippen LogP contribution is -2.43. The molecule has 1 unspecified atom stereocenters. The third kappa shape index (κ3) is 5.55. The molecule has 9 heteroatoms. The Labute approximate surface area is 193 Å². The maximum atomic E-state index is 13.0. The molecule has 1 fully saturated rings. The lowest BCUT2D eigenvalue weighted by atomic mass is 9.96. The quantitative estimate of drug-likeness (QED) is 0.594. The van der Waals surface area contributed by atoms with Crippen molar-refractivity contribution < 1.29 is 17.9 Å². The molecule has 6 nitrogen and oxygen atoms in total. The summed E-state index contributed by atoms with van der Waals surface area (Å²) in [5, 5.41) is 3.31. The van der Waals surface area contributed by atoms with E-state index in [2.05, 4.69) is 5.32 Å². The number of sulfonamides is 1. The maximum Gasteiger partial charge on any atom is 0.243 e. The highest BCUT2D eigenvalue weighted by Gasteiger charge is 2.32. The number of hydrogen-bond donors (Lipinski definition) is 1. The van der Waals surface area contributed by atoms with E-state index in [0.29, 0.717) is 31.7 Å². The van der Waals surface area contributed by atoms with E-state index in [1.807, 2.05) is 37.4 Å². The Kier molecular flexibility index (Phi) is 7.91. The van der Waals surface area contributed by atoms with Gasteiger partial charge in [-0.15, -0.1) is 11.8 Å². The zero-order valence-electron chi connectivity index (χ0n) is 17.8. The van der Waals surface area contributed by atoms with Crippen LogP contribution in [-0.2, 0) is 14.8 Å². The Morgan fingerprint density at radius 3 is 2.39 bits per heavy atom. The summed E-state index contributed by atoms with van der Waals surface area (Å²) in [6, 6.07) is 12.4. The van der Waals surface area contributed by atoms with Crippen molar-refractivity contribution in [3.05, 3.63) is 53.1 Å². The summed E-state index contributed by atoms with van der Waals surface area (Å²) in [6.45, 7) is 2.54. The largest absolute Gasteiger partial charge is 0.495 e. The van der Waals surface area contributed by atoms with E-state index in [1.165, 1.54) is 28.4 Å². The Bertz CT molecular complexity index is 1020. The zero-order valence-corrected chi connectivity index (χ0v) is 20.2. The van der Waals surface area contributed by atoms with E-state index in [0.717, 1.165) is 5.56 Å². The van der Waals surface area contributed by atoms with Crippen molar-refractivity contribution in [3.63, 3.8) is 0 Å². The van der Waals surface area contributed by atoms with Gasteiger partial charge in [-0.3, -0.25) is 4.79 Å². The minimum absolute atomic E-state index is 0.0361. The Hall–Kier alpha value is -1.74. The number of thioether (sulfide) groups is 1. The lowest BCUT2D eigenvalue weighted by molar-refractivity contribution is -0.126. The van der Waals surface area contributed by atoms with Gasteiger partial charge in [0.1, 0.15) is 5.75 Å². The van der Waals surface area contributed by atoms with Gasteiger partial charge in [0.15, 0.2) is 0 Å². The normalized spacial score (nSPS) is 16.6. The molecule has 31 heavy (non-hydrogen) atoms. The molecule has 0 saturated carbocycles. The number of rotatable bonds is 7. The Morgan fingerprint density at radius 2 is 1.84 bits per heavy atom. The third-order valence-electron chi connectivity index (χ3n) is 5.56. The van der Waals surface area contributed by atoms with Crippen LogP contribution in [0.3, 0.4) is 0 Å². The molecule has 1 atom stereocenters. The molecule has 1 saturated heterocycles. The lowest BCUT2D eigenvalue weighted by Gasteiger charge is -2.31. The van der Waals surface area contributed by atoms with Crippen LogP contribution in [0.25, 0.3) is 0 Å². The predicted octanol–water partition coefficient (Wildman–Crippen LogP) is 4.35. The molecule has 1 N–H and O–H groups in total. The highest BCUT2D eigenvalue weighted by Crippen LogP contribution is 2.30. The molecule has 3 rings (SSSR count). The molecule has 0 radical (unpaired) electrons. The van der Waals surface area contributed by atoms with Gasteiger partial charge in [0.25, 0.3) is 0 Å². The Morgan fingerprint density at radius 1 is 1.19 bits per heavy atom. The van der Waals surface area contributed by atoms with Crippen LogP contribution in [-0.4, -0.2) is 45.1 Å². The van der Waals surface area contributed by atoms with Crippen molar-refractivity contribution in [3.8, 4) is 5.75 Å². The van der Waals surface area contributed by atoms with Crippen LogP contribution in [0.4, 0.5) is 0 Å². The summed E-state index contributed by atoms with van der Waals surface area (Å²) >= 11 is 7.77. The van der Waals surface area contributed by atoms with Gasteiger partial charge in [0, 0.05) is 23.9 Å². The summed E-state index contributed by atoms with van der Waals surface area (Å²) in [7, 11) is -2.19. The van der Waals surface area contributed by atoms with Gasteiger partial charge in [-0.25, -0.2) is 8.42 Å². The first-order chi connectivity index (χ1) is 14.8. The van der Waals surface area contributed by atoms with E-state index >= 15 is 0 Å². The SMILES string of the molecule is COc1ccc(S(=O)(=O)N2CCC(C(=O)NC(C)c3ccc(SC)cc3)CC2)cc1Cl. The minimum Gasteiger partial charge on any atom is -0.495 e. The van der Waals surface area contributed by atoms with Gasteiger partial charge in [-0.1, -0.05) is 23.7 Å². The van der Waals surface area contributed by atoms with Crippen LogP contribution in [0.5, 0.6) is 5.75 Å². The molecule has 1 heterocycles. The molecule has 0 spiro atoms. The number of methoxy groups -OCH3 is 1. The van der Waals surface area contributed by atoms with E-state index in [9.17, 15) is 13.2 Å². The van der Waals surface area contributed by atoms with E-state index in [4.69, 9.17) is 16.3 Å². The van der Waals surface area contributed by atoms with E-state index in [-0.39, 0.29) is 27.8 Å². The molecule has 2 aromatic carbocycles. The fourth-order valence-corrected chi connectivity index (χ4v) is 5.85. The average Bonchev–Trinajstić information content (AvgIpc) is 2.79. The topological polar surface area (TPSA) is 75.7 Å². The van der Waals surface area contributed by atoms with Crippen molar-refractivity contribution >= 4 is 39.3 Å². The number of benzene rings is 2. The molecule has 168 valence electrons. The number of hydrogen-bond acceptors (Lipinski definition) is 5. The fraction of sp³-hybridized carbons (Fsp3) is 0.409. The second-order valence-corrected chi connectivity index (χ2v) is 10.7. The highest BCUT2D eigenvalue weighted by molar-refractivity contribution is 7.98. The summed E-state index contributed by atoms with van der Waals surface area (Å²) in [4.78, 5) is 14.0. The zero-order chi connectivity index (χ0) is 22.6. The molecule has 0 aliphatic carbocycles. The van der Waals surface area contributed by atoms with Crippen molar-refractivity contribution in [2.45, 2.75) is 35.6 Å². The van der Waals surface area contributed by atoms with Crippen LogP contribution < -0.4 is 10.1 Å². The van der Waals surface area contributed by atoms with Crippen LogP contribution >= 0.6 is 23.4 Å². The number of halogens is 1. The summed E-state index contributed by atoms with van der Waals surface area (Å²) in [5.74, 6) is 0.179.